The van der Waals surface area contributed by atoms with Crippen molar-refractivity contribution in [3.8, 4) is 5.75 Å². The van der Waals surface area contributed by atoms with E-state index in [1.165, 1.54) is 6.07 Å². The van der Waals surface area contributed by atoms with Gasteiger partial charge in [0.1, 0.15) is 18.1 Å². The topological polar surface area (TPSA) is 59.7 Å². The van der Waals surface area contributed by atoms with Crippen molar-refractivity contribution in [1.29, 1.82) is 0 Å². The quantitative estimate of drug-likeness (QED) is 0.880. The van der Waals surface area contributed by atoms with Crippen LogP contribution in [0.4, 0.5) is 0 Å². The van der Waals surface area contributed by atoms with Gasteiger partial charge < -0.3 is 14.3 Å². The summed E-state index contributed by atoms with van der Waals surface area (Å²) in [5.74, 6) is 0.177. The van der Waals surface area contributed by atoms with Crippen molar-refractivity contribution in [3.05, 3.63) is 53.5 Å². The van der Waals surface area contributed by atoms with E-state index in [0.717, 1.165) is 11.3 Å². The number of carbonyl (C=O) groups is 1. The second-order valence-electron chi connectivity index (χ2n) is 3.60. The Kier molecular flexibility index (Phi) is 3.14. The molecular formula is C13H12O4. The summed E-state index contributed by atoms with van der Waals surface area (Å²) in [6, 6.07) is 10.8. The van der Waals surface area contributed by atoms with Crippen LogP contribution < -0.4 is 4.74 Å². The van der Waals surface area contributed by atoms with Crippen molar-refractivity contribution in [1.82, 2.24) is 0 Å². The number of para-hydroxylation sites is 1. The first-order chi connectivity index (χ1) is 8.16. The zero-order valence-electron chi connectivity index (χ0n) is 9.34. The molecule has 1 aromatic heterocycles. The van der Waals surface area contributed by atoms with Crippen molar-refractivity contribution in [2.24, 2.45) is 0 Å². The molecule has 0 amide bonds. The van der Waals surface area contributed by atoms with Crippen LogP contribution in [0, 0.1) is 6.92 Å². The van der Waals surface area contributed by atoms with Crippen molar-refractivity contribution >= 4 is 5.97 Å². The molecule has 88 valence electrons. The van der Waals surface area contributed by atoms with Crippen LogP contribution in [0.2, 0.25) is 0 Å². The molecule has 1 heterocycles. The van der Waals surface area contributed by atoms with Gasteiger partial charge >= 0.3 is 5.97 Å². The van der Waals surface area contributed by atoms with Crippen LogP contribution >= 0.6 is 0 Å². The summed E-state index contributed by atoms with van der Waals surface area (Å²) in [6.45, 7) is 2.02. The summed E-state index contributed by atoms with van der Waals surface area (Å²) in [5.41, 5.74) is 0.742. The predicted octanol–water partition coefficient (Wildman–Crippen LogP) is 2.87. The summed E-state index contributed by atoms with van der Waals surface area (Å²) in [4.78, 5) is 10.7. The average molecular weight is 232 g/mol. The van der Waals surface area contributed by atoms with Gasteiger partial charge in [-0.2, -0.15) is 0 Å². The van der Waals surface area contributed by atoms with Gasteiger partial charge in [-0.1, -0.05) is 18.2 Å². The zero-order chi connectivity index (χ0) is 12.3. The van der Waals surface area contributed by atoms with E-state index in [1.807, 2.05) is 30.3 Å². The van der Waals surface area contributed by atoms with Crippen LogP contribution in [0.3, 0.4) is 0 Å². The van der Waals surface area contributed by atoms with E-state index in [2.05, 4.69) is 0 Å². The lowest BCUT2D eigenvalue weighted by molar-refractivity contribution is 0.0661. The minimum Gasteiger partial charge on any atom is -0.489 e. The van der Waals surface area contributed by atoms with Crippen LogP contribution in [-0.4, -0.2) is 11.1 Å². The maximum absolute atomic E-state index is 10.7. The lowest BCUT2D eigenvalue weighted by Gasteiger charge is -2.04. The monoisotopic (exact) mass is 232 g/mol. The first kappa shape index (κ1) is 11.3. The van der Waals surface area contributed by atoms with Gasteiger partial charge in [0, 0.05) is 5.56 Å². The highest BCUT2D eigenvalue weighted by Crippen LogP contribution is 2.17. The summed E-state index contributed by atoms with van der Waals surface area (Å²) < 4.78 is 10.6. The third-order valence-electron chi connectivity index (χ3n) is 2.37. The van der Waals surface area contributed by atoms with Gasteiger partial charge in [-0.25, -0.2) is 4.79 Å². The standard InChI is InChI=1S/C13H12O4/c1-9-10(7-12(17-9)13(14)15)8-16-11-5-3-2-4-6-11/h2-7H,8H2,1H3,(H,14,15). The molecule has 0 spiro atoms. The highest BCUT2D eigenvalue weighted by Gasteiger charge is 2.13. The molecular weight excluding hydrogens is 220 g/mol. The Labute approximate surface area is 98.4 Å². The number of benzene rings is 1. The summed E-state index contributed by atoms with van der Waals surface area (Å²) in [6.07, 6.45) is 0. The predicted molar refractivity (Wildman–Crippen MR) is 61.2 cm³/mol. The second kappa shape index (κ2) is 4.74. The number of carboxylic acids is 1. The number of hydrogen-bond acceptors (Lipinski definition) is 3. The summed E-state index contributed by atoms with van der Waals surface area (Å²) in [7, 11) is 0. The lowest BCUT2D eigenvalue weighted by atomic mass is 10.2. The van der Waals surface area contributed by atoms with Crippen LogP contribution in [-0.2, 0) is 6.61 Å². The molecule has 2 rings (SSSR count). The van der Waals surface area contributed by atoms with Crippen molar-refractivity contribution in [3.63, 3.8) is 0 Å². The van der Waals surface area contributed by atoms with Crippen molar-refractivity contribution in [2.75, 3.05) is 0 Å². The fourth-order valence-electron chi connectivity index (χ4n) is 1.45. The lowest BCUT2D eigenvalue weighted by Crippen LogP contribution is -1.95. The fraction of sp³-hybridized carbons (Fsp3) is 0.154. The van der Waals surface area contributed by atoms with Crippen LogP contribution in [0.5, 0.6) is 5.75 Å². The molecule has 4 nitrogen and oxygen atoms in total. The molecule has 2 aromatic rings. The molecule has 0 aliphatic carbocycles. The normalized spacial score (nSPS) is 10.2. The third-order valence-corrected chi connectivity index (χ3v) is 2.37. The molecule has 1 aromatic carbocycles. The fourth-order valence-corrected chi connectivity index (χ4v) is 1.45. The van der Waals surface area contributed by atoms with Gasteiger partial charge in [0.15, 0.2) is 0 Å². The summed E-state index contributed by atoms with van der Waals surface area (Å²) >= 11 is 0. The SMILES string of the molecule is Cc1oc(C(=O)O)cc1COc1ccccc1. The van der Waals surface area contributed by atoms with E-state index in [9.17, 15) is 4.79 Å². The Balaban J connectivity index is 2.07. The number of furan rings is 1. The first-order valence-electron chi connectivity index (χ1n) is 5.17. The molecule has 0 saturated carbocycles. The molecule has 0 unspecified atom stereocenters. The molecule has 4 heteroatoms. The highest BCUT2D eigenvalue weighted by molar-refractivity contribution is 5.84. The van der Waals surface area contributed by atoms with Crippen LogP contribution in [0.1, 0.15) is 21.9 Å². The largest absolute Gasteiger partial charge is 0.489 e. The number of aryl methyl sites for hydroxylation is 1. The second-order valence-corrected chi connectivity index (χ2v) is 3.60. The average Bonchev–Trinajstić information content (AvgIpc) is 2.70. The molecule has 0 bridgehead atoms. The molecule has 17 heavy (non-hydrogen) atoms. The van der Waals surface area contributed by atoms with Gasteiger partial charge in [-0.05, 0) is 25.1 Å². The number of aromatic carboxylic acids is 1. The minimum absolute atomic E-state index is 0.0610. The molecule has 0 fully saturated rings. The number of rotatable bonds is 4. The van der Waals surface area contributed by atoms with E-state index in [0.29, 0.717) is 12.4 Å². The number of ether oxygens (including phenoxy) is 1. The van der Waals surface area contributed by atoms with Crippen molar-refractivity contribution < 1.29 is 19.1 Å². The number of hydrogen-bond donors (Lipinski definition) is 1. The van der Waals surface area contributed by atoms with Gasteiger partial charge in [0.25, 0.3) is 0 Å². The Morgan fingerprint density at radius 3 is 2.65 bits per heavy atom. The van der Waals surface area contributed by atoms with E-state index in [1.54, 1.807) is 6.92 Å². The van der Waals surface area contributed by atoms with Gasteiger partial charge in [-0.3, -0.25) is 0 Å². The number of carboxylic acid groups (broad SMARTS) is 1. The van der Waals surface area contributed by atoms with E-state index in [-0.39, 0.29) is 5.76 Å². The maximum Gasteiger partial charge on any atom is 0.371 e. The molecule has 1 N–H and O–H groups in total. The van der Waals surface area contributed by atoms with Gasteiger partial charge in [0.05, 0.1) is 0 Å². The maximum atomic E-state index is 10.7. The third kappa shape index (κ3) is 2.66. The molecule has 0 aliphatic heterocycles. The van der Waals surface area contributed by atoms with Gasteiger partial charge in [0.2, 0.25) is 5.76 Å². The summed E-state index contributed by atoms with van der Waals surface area (Å²) in [5, 5.41) is 8.77. The first-order valence-corrected chi connectivity index (χ1v) is 5.17. The minimum atomic E-state index is -1.07. The van der Waals surface area contributed by atoms with E-state index >= 15 is 0 Å². The Morgan fingerprint density at radius 1 is 1.35 bits per heavy atom. The van der Waals surface area contributed by atoms with Crippen LogP contribution in [0.15, 0.2) is 40.8 Å². The van der Waals surface area contributed by atoms with E-state index in [4.69, 9.17) is 14.3 Å². The van der Waals surface area contributed by atoms with Crippen LogP contribution in [0.25, 0.3) is 0 Å². The zero-order valence-corrected chi connectivity index (χ0v) is 9.34. The Bertz CT molecular complexity index is 513. The van der Waals surface area contributed by atoms with Crippen molar-refractivity contribution in [2.45, 2.75) is 13.5 Å². The molecule has 0 radical (unpaired) electrons. The molecule has 0 aliphatic rings. The highest BCUT2D eigenvalue weighted by atomic mass is 16.5. The molecule has 0 saturated heterocycles. The van der Waals surface area contributed by atoms with Gasteiger partial charge in [-0.15, -0.1) is 0 Å². The Hall–Kier alpha value is -2.23. The Morgan fingerprint density at radius 2 is 2.06 bits per heavy atom. The smallest absolute Gasteiger partial charge is 0.371 e. The van der Waals surface area contributed by atoms with E-state index < -0.39 is 5.97 Å². The molecule has 0 atom stereocenters.